The van der Waals surface area contributed by atoms with Crippen molar-refractivity contribution >= 4 is 12.0 Å². The van der Waals surface area contributed by atoms with E-state index in [1.807, 2.05) is 30.3 Å². The number of ether oxygens (including phenoxy) is 1. The van der Waals surface area contributed by atoms with Crippen LogP contribution in [-0.2, 0) is 9.53 Å². The first-order chi connectivity index (χ1) is 11.5. The number of allylic oxidation sites excluding steroid dienone is 1. The lowest BCUT2D eigenvalue weighted by molar-refractivity contribution is -0.146. The molecule has 1 heterocycles. The molecular weight excluding hydrogens is 304 g/mol. The Bertz CT molecular complexity index is 654. The first-order valence-electron chi connectivity index (χ1n) is 8.59. The number of esters is 1. The zero-order valence-electron chi connectivity index (χ0n) is 14.2. The molecule has 24 heavy (non-hydrogen) atoms. The molecule has 1 fully saturated rings. The van der Waals surface area contributed by atoms with Gasteiger partial charge in [-0.15, -0.1) is 0 Å². The highest BCUT2D eigenvalue weighted by atomic mass is 16.5. The Morgan fingerprint density at radius 1 is 1.21 bits per heavy atom. The SMILES string of the molecule is CC1=C(C(=O)O[C@H]2CCC[C@@H](C)C2)[C@@H](c2ccccc2)NC(=O)N1. The third-order valence-electron chi connectivity index (χ3n) is 4.78. The van der Waals surface area contributed by atoms with Gasteiger partial charge in [-0.3, -0.25) is 0 Å². The van der Waals surface area contributed by atoms with E-state index in [1.165, 1.54) is 6.42 Å². The van der Waals surface area contributed by atoms with E-state index in [1.54, 1.807) is 6.92 Å². The summed E-state index contributed by atoms with van der Waals surface area (Å²) in [7, 11) is 0. The molecule has 0 radical (unpaired) electrons. The maximum Gasteiger partial charge on any atom is 0.338 e. The van der Waals surface area contributed by atoms with E-state index in [0.717, 1.165) is 24.8 Å². The molecule has 0 spiro atoms. The van der Waals surface area contributed by atoms with E-state index in [-0.39, 0.29) is 18.1 Å². The van der Waals surface area contributed by atoms with Crippen LogP contribution in [-0.4, -0.2) is 18.1 Å². The van der Waals surface area contributed by atoms with Gasteiger partial charge in [0, 0.05) is 5.70 Å². The Kier molecular flexibility index (Phi) is 4.88. The van der Waals surface area contributed by atoms with Crippen LogP contribution in [0.4, 0.5) is 4.79 Å². The molecule has 5 heteroatoms. The topological polar surface area (TPSA) is 67.4 Å². The second-order valence-electron chi connectivity index (χ2n) is 6.78. The highest BCUT2D eigenvalue weighted by Crippen LogP contribution is 2.30. The number of carbonyl (C=O) groups excluding carboxylic acids is 2. The molecular formula is C19H24N2O3. The van der Waals surface area contributed by atoms with Crippen molar-refractivity contribution in [3.63, 3.8) is 0 Å². The van der Waals surface area contributed by atoms with E-state index >= 15 is 0 Å². The third kappa shape index (κ3) is 3.61. The summed E-state index contributed by atoms with van der Waals surface area (Å²) in [4.78, 5) is 24.7. The van der Waals surface area contributed by atoms with E-state index in [2.05, 4.69) is 17.6 Å². The normalized spacial score (nSPS) is 27.2. The number of amides is 2. The molecule has 2 amide bonds. The number of nitrogens with one attached hydrogen (secondary N) is 2. The quantitative estimate of drug-likeness (QED) is 0.835. The van der Waals surface area contributed by atoms with Gasteiger partial charge in [-0.1, -0.05) is 43.7 Å². The predicted molar refractivity (Wildman–Crippen MR) is 91.1 cm³/mol. The van der Waals surface area contributed by atoms with Gasteiger partial charge in [-0.25, -0.2) is 9.59 Å². The Morgan fingerprint density at radius 3 is 2.67 bits per heavy atom. The van der Waals surface area contributed by atoms with Crippen LogP contribution in [0.2, 0.25) is 0 Å². The highest BCUT2D eigenvalue weighted by Gasteiger charge is 2.33. The van der Waals surface area contributed by atoms with E-state index < -0.39 is 6.04 Å². The monoisotopic (exact) mass is 328 g/mol. The largest absolute Gasteiger partial charge is 0.459 e. The number of urea groups is 1. The van der Waals surface area contributed by atoms with Gasteiger partial charge in [-0.05, 0) is 37.7 Å². The summed E-state index contributed by atoms with van der Waals surface area (Å²) < 4.78 is 5.77. The third-order valence-corrected chi connectivity index (χ3v) is 4.78. The fraction of sp³-hybridized carbons (Fsp3) is 0.474. The lowest BCUT2D eigenvalue weighted by Gasteiger charge is -2.31. The zero-order valence-corrected chi connectivity index (χ0v) is 14.2. The van der Waals surface area contributed by atoms with Crippen LogP contribution in [0.5, 0.6) is 0 Å². The molecule has 1 aromatic carbocycles. The molecule has 128 valence electrons. The molecule has 2 N–H and O–H groups in total. The van der Waals surface area contributed by atoms with Gasteiger partial charge in [0.2, 0.25) is 0 Å². The number of benzene rings is 1. The van der Waals surface area contributed by atoms with Crippen molar-refractivity contribution in [3.05, 3.63) is 47.2 Å². The Morgan fingerprint density at radius 2 is 1.96 bits per heavy atom. The van der Waals surface area contributed by atoms with Crippen LogP contribution in [0, 0.1) is 5.92 Å². The number of hydrogen-bond acceptors (Lipinski definition) is 3. The number of carbonyl (C=O) groups is 2. The summed E-state index contributed by atoms with van der Waals surface area (Å²) in [5.41, 5.74) is 1.91. The van der Waals surface area contributed by atoms with Gasteiger partial charge in [0.05, 0.1) is 11.6 Å². The summed E-state index contributed by atoms with van der Waals surface area (Å²) in [5, 5.41) is 5.52. The molecule has 5 nitrogen and oxygen atoms in total. The first kappa shape index (κ1) is 16.6. The van der Waals surface area contributed by atoms with Gasteiger partial charge in [0.1, 0.15) is 6.10 Å². The number of rotatable bonds is 3. The lowest BCUT2D eigenvalue weighted by Crippen LogP contribution is -2.45. The summed E-state index contributed by atoms with van der Waals surface area (Å²) in [6, 6.07) is 8.72. The minimum atomic E-state index is -0.478. The van der Waals surface area contributed by atoms with Crippen LogP contribution < -0.4 is 10.6 Å². The maximum absolute atomic E-state index is 12.8. The smallest absolute Gasteiger partial charge is 0.338 e. The molecule has 2 aliphatic rings. The standard InChI is InChI=1S/C19H24N2O3/c1-12-7-6-10-15(11-12)24-18(22)16-13(2)20-19(23)21-17(16)14-8-4-3-5-9-14/h3-5,8-9,12,15,17H,6-7,10-11H2,1-2H3,(H2,20,21,23)/t12-,15+,17-/m1/s1. The molecule has 1 aromatic rings. The van der Waals surface area contributed by atoms with Crippen molar-refractivity contribution in [1.82, 2.24) is 10.6 Å². The van der Waals surface area contributed by atoms with Crippen molar-refractivity contribution in [2.24, 2.45) is 5.92 Å². The average Bonchev–Trinajstić information content (AvgIpc) is 2.54. The predicted octanol–water partition coefficient (Wildman–Crippen LogP) is 3.44. The minimum Gasteiger partial charge on any atom is -0.459 e. The van der Waals surface area contributed by atoms with Gasteiger partial charge < -0.3 is 15.4 Å². The molecule has 3 rings (SSSR count). The summed E-state index contributed by atoms with van der Waals surface area (Å²) in [5.74, 6) is 0.244. The number of hydrogen-bond donors (Lipinski definition) is 2. The second kappa shape index (κ2) is 7.07. The molecule has 1 saturated carbocycles. The summed E-state index contributed by atoms with van der Waals surface area (Å²) >= 11 is 0. The molecule has 0 saturated heterocycles. The van der Waals surface area contributed by atoms with Crippen LogP contribution in [0.1, 0.15) is 51.1 Å². The van der Waals surface area contributed by atoms with Gasteiger partial charge >= 0.3 is 12.0 Å². The van der Waals surface area contributed by atoms with E-state index in [0.29, 0.717) is 17.2 Å². The first-order valence-corrected chi connectivity index (χ1v) is 8.59. The van der Waals surface area contributed by atoms with Crippen LogP contribution >= 0.6 is 0 Å². The minimum absolute atomic E-state index is 0.0319. The molecule has 1 aliphatic heterocycles. The summed E-state index contributed by atoms with van der Waals surface area (Å²) in [6.45, 7) is 3.94. The van der Waals surface area contributed by atoms with Crippen LogP contribution in [0.3, 0.4) is 0 Å². The Labute approximate surface area is 142 Å². The van der Waals surface area contributed by atoms with Crippen molar-refractivity contribution in [2.75, 3.05) is 0 Å². The fourth-order valence-corrected chi connectivity index (χ4v) is 3.56. The van der Waals surface area contributed by atoms with Gasteiger partial charge in [0.25, 0.3) is 0 Å². The van der Waals surface area contributed by atoms with Crippen molar-refractivity contribution in [1.29, 1.82) is 0 Å². The van der Waals surface area contributed by atoms with E-state index in [4.69, 9.17) is 4.74 Å². The van der Waals surface area contributed by atoms with Crippen molar-refractivity contribution in [2.45, 2.75) is 51.7 Å². The average molecular weight is 328 g/mol. The summed E-state index contributed by atoms with van der Waals surface area (Å²) in [6.07, 6.45) is 4.08. The van der Waals surface area contributed by atoms with Gasteiger partial charge in [0.15, 0.2) is 0 Å². The Balaban J connectivity index is 1.83. The van der Waals surface area contributed by atoms with Crippen LogP contribution in [0.25, 0.3) is 0 Å². The van der Waals surface area contributed by atoms with Crippen molar-refractivity contribution in [3.8, 4) is 0 Å². The zero-order chi connectivity index (χ0) is 17.1. The Hall–Kier alpha value is -2.30. The molecule has 0 bridgehead atoms. The second-order valence-corrected chi connectivity index (χ2v) is 6.78. The molecule has 0 unspecified atom stereocenters. The van der Waals surface area contributed by atoms with Crippen LogP contribution in [0.15, 0.2) is 41.6 Å². The molecule has 0 aromatic heterocycles. The van der Waals surface area contributed by atoms with Gasteiger partial charge in [-0.2, -0.15) is 0 Å². The van der Waals surface area contributed by atoms with E-state index in [9.17, 15) is 9.59 Å². The maximum atomic E-state index is 12.8. The lowest BCUT2D eigenvalue weighted by atomic mass is 9.88. The van der Waals surface area contributed by atoms with Crippen molar-refractivity contribution < 1.29 is 14.3 Å². The highest BCUT2D eigenvalue weighted by molar-refractivity contribution is 5.95. The molecule has 1 aliphatic carbocycles. The fourth-order valence-electron chi connectivity index (χ4n) is 3.56. The molecule has 3 atom stereocenters.